The second-order valence-electron chi connectivity index (χ2n) is 24.0. The Morgan fingerprint density at radius 1 is 0.567 bits per heavy atom. The first kappa shape index (κ1) is 36.0. The minimum absolute atomic E-state index is 0.0816. The van der Waals surface area contributed by atoms with Gasteiger partial charge in [0.25, 0.3) is 0 Å². The van der Waals surface area contributed by atoms with Crippen LogP contribution in [0.25, 0.3) is 82.3 Å². The maximum Gasteiger partial charge on any atom is 0.143 e. The average molecular weight is 866 g/mol. The summed E-state index contributed by atoms with van der Waals surface area (Å²) in [6, 6.07) is 36.2. The van der Waals surface area contributed by atoms with Gasteiger partial charge in [-0.1, -0.05) is 61.7 Å². The first-order valence-electron chi connectivity index (χ1n) is 26.3. The number of nitriles is 2. The third-order valence-electron chi connectivity index (χ3n) is 21.6. The van der Waals surface area contributed by atoms with Crippen LogP contribution >= 0.6 is 0 Å². The summed E-state index contributed by atoms with van der Waals surface area (Å²) in [5, 5.41) is 30.4. The van der Waals surface area contributed by atoms with Gasteiger partial charge in [0.2, 0.25) is 0 Å². The normalized spacial score (nSPS) is 30.8. The van der Waals surface area contributed by atoms with Gasteiger partial charge in [-0.25, -0.2) is 0 Å². The Labute approximate surface area is 389 Å². The van der Waals surface area contributed by atoms with E-state index in [2.05, 4.69) is 95.4 Å². The van der Waals surface area contributed by atoms with Crippen LogP contribution in [0.3, 0.4) is 0 Å². The summed E-state index contributed by atoms with van der Waals surface area (Å²) in [7, 11) is 0. The van der Waals surface area contributed by atoms with Gasteiger partial charge < -0.3 is 8.82 Å². The summed E-state index contributed by atoms with van der Waals surface area (Å²) in [5.74, 6) is 5.02. The van der Waals surface area contributed by atoms with Crippen molar-refractivity contribution in [1.82, 2.24) is 4.40 Å². The minimum Gasteiger partial charge on any atom is -0.455 e. The maximum absolute atomic E-state index is 11.3. The van der Waals surface area contributed by atoms with Gasteiger partial charge in [-0.15, -0.1) is 0 Å². The Kier molecular flexibility index (Phi) is 6.32. The van der Waals surface area contributed by atoms with Crippen molar-refractivity contribution in [2.24, 2.45) is 29.1 Å². The van der Waals surface area contributed by atoms with Gasteiger partial charge in [0.15, 0.2) is 0 Å². The molecule has 10 aliphatic rings. The molecular formula is C63H51N3O. The quantitative estimate of drug-likeness (QED) is 0.165. The van der Waals surface area contributed by atoms with Crippen molar-refractivity contribution in [2.75, 3.05) is 0 Å². The highest BCUT2D eigenvalue weighted by molar-refractivity contribution is 6.27. The van der Waals surface area contributed by atoms with Crippen LogP contribution < -0.4 is 0 Å². The fourth-order valence-electron chi connectivity index (χ4n) is 19.7. The molecule has 0 amide bonds. The van der Waals surface area contributed by atoms with Gasteiger partial charge in [0, 0.05) is 43.3 Å². The van der Waals surface area contributed by atoms with Crippen molar-refractivity contribution in [2.45, 2.75) is 125 Å². The first-order valence-corrected chi connectivity index (χ1v) is 26.3. The van der Waals surface area contributed by atoms with Crippen molar-refractivity contribution in [3.8, 4) is 34.4 Å². The molecule has 3 heterocycles. The standard InChI is InChI=1S/C63H51N3O/c64-29-38-23-49-57(54-34-17-31-14-32(18-34)16-33(15-31)52(38)54)46-21-35(22-47-58-50(66(49)60(46)47)24-39(30-65)53-36-19-40-25-41-20-37(55(53)58)28-63(40,41)27-36)56-59-44(26-45-43-9-3-5-11-51(43)67-61(45)56)42-8-2-4-10-48(42)62(59)12-6-1-7-13-62/h2-5,8-11,21-24,26,31-34,36-37,40-41H,1,6-7,12-20,25,27-28H2. The van der Waals surface area contributed by atoms with Crippen molar-refractivity contribution < 1.29 is 4.42 Å². The Morgan fingerprint density at radius 2 is 1.19 bits per heavy atom. The SMILES string of the molecule is N#Cc1cc2c(c3c1C1CC4CC(C1)CC3C4)c1cc(-c3c4c(cc5c3oc3ccccc35)-c3ccccc3C43CCCCC3)cc3c4c5c(c(C#N)cc4n2c13)C1CC2CC3CC5CC23C1. The summed E-state index contributed by atoms with van der Waals surface area (Å²) in [6.45, 7) is 0. The zero-order valence-corrected chi connectivity index (χ0v) is 38.0. The van der Waals surface area contributed by atoms with Crippen molar-refractivity contribution in [1.29, 1.82) is 10.5 Å². The first-order chi connectivity index (χ1) is 33.0. The third kappa shape index (κ3) is 4.01. The highest BCUT2D eigenvalue weighted by atomic mass is 16.3. The van der Waals surface area contributed by atoms with Crippen LogP contribution in [0.5, 0.6) is 0 Å². The molecule has 0 radical (unpaired) electrons. The average Bonchev–Trinajstić information content (AvgIpc) is 4.14. The van der Waals surface area contributed by atoms with Crippen molar-refractivity contribution >= 4 is 60.0 Å². The van der Waals surface area contributed by atoms with Crippen molar-refractivity contribution in [3.63, 3.8) is 0 Å². The molecule has 10 aliphatic carbocycles. The predicted molar refractivity (Wildman–Crippen MR) is 266 cm³/mol. The van der Waals surface area contributed by atoms with E-state index in [1.807, 2.05) is 0 Å². The molecule has 2 spiro atoms. The smallest absolute Gasteiger partial charge is 0.143 e. The molecule has 4 heteroatoms. The number of furan rings is 1. The molecule has 0 N–H and O–H groups in total. The van der Waals surface area contributed by atoms with Gasteiger partial charge in [0.05, 0.1) is 39.8 Å². The molecule has 9 aromatic rings. The van der Waals surface area contributed by atoms with E-state index >= 15 is 0 Å². The molecule has 324 valence electrons. The highest BCUT2D eigenvalue weighted by Crippen LogP contribution is 2.77. The number of fused-ring (bicyclic) bond motifs is 20. The number of hydrogen-bond acceptors (Lipinski definition) is 3. The summed E-state index contributed by atoms with van der Waals surface area (Å²) in [6.07, 6.45) is 18.8. The lowest BCUT2D eigenvalue weighted by molar-refractivity contribution is 0.00322. The Hall–Kier alpha value is -6.10. The van der Waals surface area contributed by atoms with Gasteiger partial charge in [-0.3, -0.25) is 0 Å². The van der Waals surface area contributed by atoms with Crippen LogP contribution in [0.1, 0.15) is 164 Å². The molecule has 0 aliphatic heterocycles. The van der Waals surface area contributed by atoms with Crippen molar-refractivity contribution in [3.05, 3.63) is 123 Å². The van der Waals surface area contributed by atoms with E-state index in [1.54, 1.807) is 0 Å². The van der Waals surface area contributed by atoms with Gasteiger partial charge >= 0.3 is 0 Å². The number of nitrogens with zero attached hydrogens (tertiary/aromatic N) is 3. The maximum atomic E-state index is 11.3. The second-order valence-corrected chi connectivity index (χ2v) is 24.0. The molecule has 19 rings (SSSR count). The fraction of sp³-hybridized carbons (Fsp3) is 0.397. The summed E-state index contributed by atoms with van der Waals surface area (Å²) in [4.78, 5) is 0. The molecule has 6 aromatic carbocycles. The van der Waals surface area contributed by atoms with E-state index in [1.165, 1.54) is 188 Å². The second kappa shape index (κ2) is 11.8. The van der Waals surface area contributed by atoms with E-state index in [0.717, 1.165) is 58.8 Å². The molecule has 7 unspecified atom stereocenters. The molecule has 6 fully saturated rings. The lowest BCUT2D eigenvalue weighted by Crippen LogP contribution is -2.41. The lowest BCUT2D eigenvalue weighted by Gasteiger charge is -2.48. The molecule has 6 saturated carbocycles. The van der Waals surface area contributed by atoms with Crippen LogP contribution in [0, 0.1) is 51.7 Å². The fourth-order valence-corrected chi connectivity index (χ4v) is 19.7. The van der Waals surface area contributed by atoms with Crippen LogP contribution in [0.2, 0.25) is 0 Å². The number of para-hydroxylation sites is 1. The number of rotatable bonds is 1. The largest absolute Gasteiger partial charge is 0.455 e. The van der Waals surface area contributed by atoms with E-state index in [4.69, 9.17) is 4.42 Å². The summed E-state index contributed by atoms with van der Waals surface area (Å²) >= 11 is 0. The molecule has 4 nitrogen and oxygen atoms in total. The lowest BCUT2D eigenvalue weighted by atomic mass is 9.56. The number of hydrogen-bond donors (Lipinski definition) is 0. The van der Waals surface area contributed by atoms with Gasteiger partial charge in [-0.2, -0.15) is 10.5 Å². The minimum atomic E-state index is -0.0816. The van der Waals surface area contributed by atoms with E-state index < -0.39 is 0 Å². The predicted octanol–water partition coefficient (Wildman–Crippen LogP) is 16.2. The van der Waals surface area contributed by atoms with Gasteiger partial charge in [0.1, 0.15) is 11.2 Å². The Bertz CT molecular complexity index is 3900. The van der Waals surface area contributed by atoms with E-state index in [9.17, 15) is 10.5 Å². The monoisotopic (exact) mass is 865 g/mol. The number of benzene rings is 6. The van der Waals surface area contributed by atoms with Crippen LogP contribution in [-0.2, 0) is 5.41 Å². The Morgan fingerprint density at radius 3 is 1.91 bits per heavy atom. The Balaban J connectivity index is 1.05. The molecule has 7 bridgehead atoms. The van der Waals surface area contributed by atoms with Crippen LogP contribution in [0.15, 0.2) is 83.3 Å². The van der Waals surface area contributed by atoms with Crippen LogP contribution in [-0.4, -0.2) is 4.40 Å². The molecular weight excluding hydrogens is 815 g/mol. The zero-order valence-electron chi connectivity index (χ0n) is 38.0. The summed E-state index contributed by atoms with van der Waals surface area (Å²) in [5.41, 5.74) is 22.1. The van der Waals surface area contributed by atoms with Crippen LogP contribution in [0.4, 0.5) is 0 Å². The van der Waals surface area contributed by atoms with Gasteiger partial charge in [-0.05, 0) is 216 Å². The summed E-state index contributed by atoms with van der Waals surface area (Å²) < 4.78 is 9.89. The van der Waals surface area contributed by atoms with E-state index in [-0.39, 0.29) is 5.41 Å². The molecule has 0 saturated heterocycles. The molecule has 3 aromatic heterocycles. The number of aromatic nitrogens is 1. The topological polar surface area (TPSA) is 65.1 Å². The highest BCUT2D eigenvalue weighted by Gasteiger charge is 2.66. The van der Waals surface area contributed by atoms with E-state index in [0.29, 0.717) is 29.1 Å². The molecule has 67 heavy (non-hydrogen) atoms. The zero-order chi connectivity index (χ0) is 43.4. The molecule has 7 atom stereocenters. The third-order valence-corrected chi connectivity index (χ3v) is 21.6.